The van der Waals surface area contributed by atoms with E-state index in [0.29, 0.717) is 12.0 Å². The maximum atomic E-state index is 11.0. The zero-order valence-corrected chi connectivity index (χ0v) is 13.1. The third kappa shape index (κ3) is 2.77. The zero-order valence-electron chi connectivity index (χ0n) is 13.1. The molecule has 0 radical (unpaired) electrons. The molecular weight excluding hydrogens is 274 g/mol. The van der Waals surface area contributed by atoms with Crippen LogP contribution in [-0.2, 0) is 11.2 Å². The summed E-state index contributed by atoms with van der Waals surface area (Å²) in [6.07, 6.45) is 5.84. The van der Waals surface area contributed by atoms with E-state index in [2.05, 4.69) is 28.8 Å². The van der Waals surface area contributed by atoms with Crippen LogP contribution in [-0.4, -0.2) is 38.6 Å². The molecule has 0 aromatic heterocycles. The summed E-state index contributed by atoms with van der Waals surface area (Å²) >= 11 is 0. The van der Waals surface area contributed by atoms with Gasteiger partial charge in [-0.2, -0.15) is 0 Å². The van der Waals surface area contributed by atoms with E-state index in [9.17, 15) is 4.79 Å². The van der Waals surface area contributed by atoms with Crippen molar-refractivity contribution in [3.8, 4) is 0 Å². The standard InChI is InChI=1S/C18H25N3O/c22-12-21-8-5-15-9-14(1-2-18(15)21)16-10-17(16)20-11-13-3-6-19-7-4-13/h1-2,9,12-13,16-17,19-20H,3-8,10-11H2. The van der Waals surface area contributed by atoms with Gasteiger partial charge < -0.3 is 15.5 Å². The van der Waals surface area contributed by atoms with Crippen molar-refractivity contribution in [2.45, 2.75) is 37.6 Å². The molecule has 2 aliphatic heterocycles. The van der Waals surface area contributed by atoms with E-state index < -0.39 is 0 Å². The van der Waals surface area contributed by atoms with Crippen LogP contribution in [0.15, 0.2) is 18.2 Å². The summed E-state index contributed by atoms with van der Waals surface area (Å²) in [4.78, 5) is 12.8. The number of nitrogens with one attached hydrogen (secondary N) is 2. The minimum Gasteiger partial charge on any atom is -0.317 e. The normalized spacial score (nSPS) is 27.7. The molecule has 2 atom stereocenters. The summed E-state index contributed by atoms with van der Waals surface area (Å²) in [6.45, 7) is 4.37. The number of nitrogens with zero attached hydrogens (tertiary/aromatic N) is 1. The fourth-order valence-corrected chi connectivity index (χ4v) is 3.98. The van der Waals surface area contributed by atoms with E-state index in [1.807, 2.05) is 4.90 Å². The Morgan fingerprint density at radius 2 is 2.18 bits per heavy atom. The molecule has 4 heteroatoms. The molecule has 2 unspecified atom stereocenters. The highest BCUT2D eigenvalue weighted by Gasteiger charge is 2.38. The highest BCUT2D eigenvalue weighted by atomic mass is 16.1. The molecule has 118 valence electrons. The smallest absolute Gasteiger partial charge is 0.214 e. The maximum absolute atomic E-state index is 11.0. The van der Waals surface area contributed by atoms with Crippen molar-refractivity contribution in [3.63, 3.8) is 0 Å². The molecule has 1 saturated carbocycles. The van der Waals surface area contributed by atoms with E-state index >= 15 is 0 Å². The second kappa shape index (κ2) is 6.01. The predicted molar refractivity (Wildman–Crippen MR) is 88.3 cm³/mol. The quantitative estimate of drug-likeness (QED) is 0.813. The molecule has 1 aromatic carbocycles. The SMILES string of the molecule is O=CN1CCc2cc(C3CC3NCC3CCNCC3)ccc21. The van der Waals surface area contributed by atoms with Crippen molar-refractivity contribution in [1.29, 1.82) is 0 Å². The Kier molecular flexibility index (Phi) is 3.89. The highest BCUT2D eigenvalue weighted by Crippen LogP contribution is 2.43. The number of benzene rings is 1. The number of fused-ring (bicyclic) bond motifs is 1. The molecule has 1 aliphatic carbocycles. The molecule has 1 aromatic rings. The van der Waals surface area contributed by atoms with Gasteiger partial charge in [-0.05, 0) is 68.4 Å². The number of carbonyl (C=O) groups is 1. The topological polar surface area (TPSA) is 44.4 Å². The van der Waals surface area contributed by atoms with Crippen LogP contribution in [0.5, 0.6) is 0 Å². The zero-order chi connectivity index (χ0) is 14.9. The summed E-state index contributed by atoms with van der Waals surface area (Å²) in [7, 11) is 0. The van der Waals surface area contributed by atoms with Gasteiger partial charge in [0, 0.05) is 24.2 Å². The van der Waals surface area contributed by atoms with Crippen LogP contribution < -0.4 is 15.5 Å². The summed E-state index contributed by atoms with van der Waals surface area (Å²) in [6, 6.07) is 7.35. The lowest BCUT2D eigenvalue weighted by molar-refractivity contribution is -0.107. The molecule has 0 spiro atoms. The minimum absolute atomic E-state index is 0.663. The molecule has 3 aliphatic rings. The van der Waals surface area contributed by atoms with Crippen LogP contribution in [0.1, 0.15) is 36.3 Å². The fraction of sp³-hybridized carbons (Fsp3) is 0.611. The van der Waals surface area contributed by atoms with Crippen molar-refractivity contribution in [3.05, 3.63) is 29.3 Å². The van der Waals surface area contributed by atoms with Gasteiger partial charge in [0.1, 0.15) is 0 Å². The van der Waals surface area contributed by atoms with Gasteiger partial charge in [-0.25, -0.2) is 0 Å². The summed E-state index contributed by atoms with van der Waals surface area (Å²) in [5, 5.41) is 7.20. The van der Waals surface area contributed by atoms with Gasteiger partial charge in [0.15, 0.2) is 0 Å². The van der Waals surface area contributed by atoms with E-state index in [1.54, 1.807) is 0 Å². The van der Waals surface area contributed by atoms with Crippen LogP contribution in [0.25, 0.3) is 0 Å². The van der Waals surface area contributed by atoms with Crippen LogP contribution in [0.4, 0.5) is 5.69 Å². The van der Waals surface area contributed by atoms with E-state index in [4.69, 9.17) is 0 Å². The first-order valence-corrected chi connectivity index (χ1v) is 8.64. The van der Waals surface area contributed by atoms with Gasteiger partial charge in [0.25, 0.3) is 0 Å². The summed E-state index contributed by atoms with van der Waals surface area (Å²) < 4.78 is 0. The molecule has 2 heterocycles. The number of carbonyl (C=O) groups excluding carboxylic acids is 1. The van der Waals surface area contributed by atoms with Gasteiger partial charge >= 0.3 is 0 Å². The molecule has 0 bridgehead atoms. The predicted octanol–water partition coefficient (Wildman–Crippen LogP) is 1.65. The van der Waals surface area contributed by atoms with Crippen LogP contribution >= 0.6 is 0 Å². The van der Waals surface area contributed by atoms with Gasteiger partial charge in [-0.3, -0.25) is 4.79 Å². The summed E-state index contributed by atoms with van der Waals surface area (Å²) in [5.74, 6) is 1.53. The van der Waals surface area contributed by atoms with Gasteiger partial charge in [-0.15, -0.1) is 0 Å². The van der Waals surface area contributed by atoms with Gasteiger partial charge in [0.05, 0.1) is 0 Å². The van der Waals surface area contributed by atoms with Gasteiger partial charge in [-0.1, -0.05) is 12.1 Å². The third-order valence-electron chi connectivity index (χ3n) is 5.51. The van der Waals surface area contributed by atoms with Crippen molar-refractivity contribution >= 4 is 12.1 Å². The van der Waals surface area contributed by atoms with Gasteiger partial charge in [0.2, 0.25) is 6.41 Å². The average Bonchev–Trinajstić information content (AvgIpc) is 3.24. The summed E-state index contributed by atoms with van der Waals surface area (Å²) in [5.41, 5.74) is 3.90. The molecule has 4 rings (SSSR count). The molecule has 1 amide bonds. The van der Waals surface area contributed by atoms with Crippen molar-refractivity contribution in [2.24, 2.45) is 5.92 Å². The molecule has 1 saturated heterocycles. The minimum atomic E-state index is 0.663. The maximum Gasteiger partial charge on any atom is 0.214 e. The average molecular weight is 299 g/mol. The highest BCUT2D eigenvalue weighted by molar-refractivity contribution is 5.79. The molecule has 22 heavy (non-hydrogen) atoms. The number of piperidine rings is 1. The molecule has 2 fully saturated rings. The number of anilines is 1. The van der Waals surface area contributed by atoms with Crippen molar-refractivity contribution in [1.82, 2.24) is 10.6 Å². The second-order valence-electron chi connectivity index (χ2n) is 6.99. The first-order valence-electron chi connectivity index (χ1n) is 8.64. The molecule has 2 N–H and O–H groups in total. The fourth-order valence-electron chi connectivity index (χ4n) is 3.98. The lowest BCUT2D eigenvalue weighted by Crippen LogP contribution is -2.34. The van der Waals surface area contributed by atoms with E-state index in [-0.39, 0.29) is 0 Å². The number of rotatable bonds is 5. The first kappa shape index (κ1) is 14.2. The van der Waals surface area contributed by atoms with Crippen LogP contribution in [0.2, 0.25) is 0 Å². The Morgan fingerprint density at radius 1 is 1.32 bits per heavy atom. The van der Waals surface area contributed by atoms with E-state index in [1.165, 1.54) is 50.0 Å². The lowest BCUT2D eigenvalue weighted by Gasteiger charge is -2.22. The molecule has 4 nitrogen and oxygen atoms in total. The van der Waals surface area contributed by atoms with E-state index in [0.717, 1.165) is 31.0 Å². The Hall–Kier alpha value is -1.39. The Morgan fingerprint density at radius 3 is 3.00 bits per heavy atom. The monoisotopic (exact) mass is 299 g/mol. The number of hydrogen-bond donors (Lipinski definition) is 2. The first-order chi connectivity index (χ1) is 10.8. The Labute approximate surface area is 132 Å². The van der Waals surface area contributed by atoms with Crippen molar-refractivity contribution < 1.29 is 4.79 Å². The van der Waals surface area contributed by atoms with Crippen LogP contribution in [0, 0.1) is 5.92 Å². The number of hydrogen-bond acceptors (Lipinski definition) is 3. The van der Waals surface area contributed by atoms with Crippen molar-refractivity contribution in [2.75, 3.05) is 31.1 Å². The Bertz CT molecular complexity index is 553. The lowest BCUT2D eigenvalue weighted by atomic mass is 9.98. The number of amides is 1. The largest absolute Gasteiger partial charge is 0.317 e. The Balaban J connectivity index is 1.33. The third-order valence-corrected chi connectivity index (χ3v) is 5.51. The molecular formula is C18H25N3O. The second-order valence-corrected chi connectivity index (χ2v) is 6.99. The van der Waals surface area contributed by atoms with Crippen LogP contribution in [0.3, 0.4) is 0 Å².